The Labute approximate surface area is 113 Å². The van der Waals surface area contributed by atoms with E-state index in [1.165, 1.54) is 0 Å². The molecule has 2 aliphatic carbocycles. The number of hydrogen-bond donors (Lipinski definition) is 2. The van der Waals surface area contributed by atoms with Gasteiger partial charge in [-0.2, -0.15) is 0 Å². The van der Waals surface area contributed by atoms with Gasteiger partial charge in [-0.25, -0.2) is 4.98 Å². The lowest BCUT2D eigenvalue weighted by atomic mass is 9.72. The third-order valence-electron chi connectivity index (χ3n) is 4.60. The van der Waals surface area contributed by atoms with Crippen LogP contribution in [0.25, 0.3) is 0 Å². The van der Waals surface area contributed by atoms with Crippen LogP contribution in [0.5, 0.6) is 0 Å². The number of nitrogens with zero attached hydrogens (tertiary/aromatic N) is 2. The number of fused-ring (bicyclic) bond motifs is 2. The lowest BCUT2D eigenvalue weighted by Crippen LogP contribution is -2.45. The molecule has 1 heterocycles. The van der Waals surface area contributed by atoms with Crippen molar-refractivity contribution in [2.24, 2.45) is 11.1 Å². The zero-order valence-corrected chi connectivity index (χ0v) is 11.3. The second-order valence-electron chi connectivity index (χ2n) is 6.17. The van der Waals surface area contributed by atoms with Gasteiger partial charge in [0, 0.05) is 11.7 Å². The van der Waals surface area contributed by atoms with Gasteiger partial charge >= 0.3 is 0 Å². The second-order valence-corrected chi connectivity index (χ2v) is 6.17. The number of amides is 1. The lowest BCUT2D eigenvalue weighted by molar-refractivity contribution is -0.126. The monoisotopic (exact) mass is 260 g/mol. The van der Waals surface area contributed by atoms with Crippen LogP contribution in [0.2, 0.25) is 0 Å². The Bertz CT molecular complexity index is 518. The summed E-state index contributed by atoms with van der Waals surface area (Å²) in [5.41, 5.74) is 6.74. The molecule has 0 spiro atoms. The number of hydrogen-bond acceptors (Lipinski definition) is 4. The van der Waals surface area contributed by atoms with Crippen LogP contribution in [0.3, 0.4) is 0 Å². The van der Waals surface area contributed by atoms with E-state index < -0.39 is 0 Å². The van der Waals surface area contributed by atoms with Crippen molar-refractivity contribution in [1.29, 1.82) is 0 Å². The van der Waals surface area contributed by atoms with Crippen LogP contribution in [-0.4, -0.2) is 21.4 Å². The topological polar surface area (TPSA) is 80.9 Å². The van der Waals surface area contributed by atoms with Gasteiger partial charge < -0.3 is 11.1 Å². The number of rotatable bonds is 2. The van der Waals surface area contributed by atoms with Gasteiger partial charge in [0.2, 0.25) is 5.91 Å². The van der Waals surface area contributed by atoms with E-state index in [1.807, 2.05) is 6.92 Å². The highest BCUT2D eigenvalue weighted by atomic mass is 16.2. The number of aryl methyl sites for hydroxylation is 1. The second kappa shape index (κ2) is 4.27. The Morgan fingerprint density at radius 2 is 2.16 bits per heavy atom. The molecule has 2 atom stereocenters. The maximum Gasteiger partial charge on any atom is 0.231 e. The third-order valence-corrected chi connectivity index (χ3v) is 4.60. The van der Waals surface area contributed by atoms with E-state index in [0.717, 1.165) is 44.2 Å². The summed E-state index contributed by atoms with van der Waals surface area (Å²) in [5, 5.41) is 2.92. The van der Waals surface area contributed by atoms with E-state index >= 15 is 0 Å². The van der Waals surface area contributed by atoms with Gasteiger partial charge in [-0.3, -0.25) is 9.78 Å². The molecule has 0 radical (unpaired) electrons. The highest BCUT2D eigenvalue weighted by Crippen LogP contribution is 2.52. The van der Waals surface area contributed by atoms with Crippen molar-refractivity contribution in [2.45, 2.75) is 51.0 Å². The van der Waals surface area contributed by atoms with Gasteiger partial charge in [0.1, 0.15) is 0 Å². The first-order valence-electron chi connectivity index (χ1n) is 6.91. The summed E-state index contributed by atoms with van der Waals surface area (Å²) in [5.74, 6) is 0.610. The number of anilines is 1. The summed E-state index contributed by atoms with van der Waals surface area (Å²) in [6.45, 7) is 1.86. The zero-order chi connectivity index (χ0) is 13.5. The SMILES string of the molecule is Cc1cncc(NC(=O)[C@@]23CCC[C@@](N)(CC2)C3)n1. The number of aromatic nitrogens is 2. The predicted molar refractivity (Wildman–Crippen MR) is 72.5 cm³/mol. The fraction of sp³-hybridized carbons (Fsp3) is 0.643. The van der Waals surface area contributed by atoms with Crippen LogP contribution >= 0.6 is 0 Å². The molecule has 1 amide bonds. The number of carbonyl (C=O) groups is 1. The molecule has 5 nitrogen and oxygen atoms in total. The third kappa shape index (κ3) is 2.23. The smallest absolute Gasteiger partial charge is 0.231 e. The van der Waals surface area contributed by atoms with E-state index in [-0.39, 0.29) is 16.9 Å². The number of nitrogens with two attached hydrogens (primary N) is 1. The fourth-order valence-electron chi connectivity index (χ4n) is 3.62. The molecule has 0 saturated heterocycles. The molecular formula is C14H20N4O. The molecule has 0 unspecified atom stereocenters. The highest BCUT2D eigenvalue weighted by molar-refractivity contribution is 5.95. The molecule has 3 N–H and O–H groups in total. The Hall–Kier alpha value is -1.49. The molecule has 2 bridgehead atoms. The predicted octanol–water partition coefficient (Wildman–Crippen LogP) is 1.78. The van der Waals surface area contributed by atoms with Crippen LogP contribution in [0, 0.1) is 12.3 Å². The molecule has 1 aromatic heterocycles. The van der Waals surface area contributed by atoms with Gasteiger partial charge in [0.05, 0.1) is 17.3 Å². The lowest BCUT2D eigenvalue weighted by Gasteiger charge is -2.36. The van der Waals surface area contributed by atoms with Crippen LogP contribution < -0.4 is 11.1 Å². The van der Waals surface area contributed by atoms with Crippen molar-refractivity contribution in [3.8, 4) is 0 Å². The van der Waals surface area contributed by atoms with Gasteiger partial charge in [-0.1, -0.05) is 6.42 Å². The standard InChI is InChI=1S/C14H20N4O/c1-10-7-16-8-11(17-10)18-12(19)13-3-2-4-14(15,9-13)6-5-13/h7-8H,2-6,9,15H2,1H3,(H,17,18,19)/t13-,14+/m0/s1. The van der Waals surface area contributed by atoms with Crippen molar-refractivity contribution in [2.75, 3.05) is 5.32 Å². The molecule has 5 heteroatoms. The summed E-state index contributed by atoms with van der Waals surface area (Å²) >= 11 is 0. The van der Waals surface area contributed by atoms with Crippen LogP contribution in [0.4, 0.5) is 5.82 Å². The maximum absolute atomic E-state index is 12.6. The number of carbonyl (C=O) groups excluding carboxylic acids is 1. The Morgan fingerprint density at radius 1 is 1.32 bits per heavy atom. The molecule has 1 aromatic rings. The first kappa shape index (κ1) is 12.5. The average Bonchev–Trinajstić information content (AvgIpc) is 2.61. The molecule has 19 heavy (non-hydrogen) atoms. The quantitative estimate of drug-likeness (QED) is 0.849. The molecular weight excluding hydrogens is 240 g/mol. The molecule has 0 aromatic carbocycles. The summed E-state index contributed by atoms with van der Waals surface area (Å²) in [4.78, 5) is 20.9. The first-order valence-corrected chi connectivity index (χ1v) is 6.91. The van der Waals surface area contributed by atoms with Gasteiger partial charge in [-0.05, 0) is 39.0 Å². The molecule has 2 fully saturated rings. The van der Waals surface area contributed by atoms with E-state index in [4.69, 9.17) is 5.73 Å². The Kier molecular flexibility index (Phi) is 2.82. The van der Waals surface area contributed by atoms with Crippen molar-refractivity contribution >= 4 is 11.7 Å². The van der Waals surface area contributed by atoms with E-state index in [2.05, 4.69) is 15.3 Å². The van der Waals surface area contributed by atoms with E-state index in [1.54, 1.807) is 12.4 Å². The highest BCUT2D eigenvalue weighted by Gasteiger charge is 2.53. The average molecular weight is 260 g/mol. The van der Waals surface area contributed by atoms with E-state index in [0.29, 0.717) is 5.82 Å². The Morgan fingerprint density at radius 3 is 2.95 bits per heavy atom. The Balaban J connectivity index is 1.77. The molecule has 102 valence electrons. The van der Waals surface area contributed by atoms with Crippen molar-refractivity contribution in [1.82, 2.24) is 9.97 Å². The molecule has 2 saturated carbocycles. The minimum Gasteiger partial charge on any atom is -0.325 e. The minimum absolute atomic E-state index is 0.0689. The van der Waals surface area contributed by atoms with Crippen molar-refractivity contribution in [3.63, 3.8) is 0 Å². The fourth-order valence-corrected chi connectivity index (χ4v) is 3.62. The van der Waals surface area contributed by atoms with E-state index in [9.17, 15) is 4.79 Å². The van der Waals surface area contributed by atoms with Gasteiger partial charge in [0.15, 0.2) is 5.82 Å². The maximum atomic E-state index is 12.6. The van der Waals surface area contributed by atoms with Crippen molar-refractivity contribution < 1.29 is 4.79 Å². The van der Waals surface area contributed by atoms with Gasteiger partial charge in [0.25, 0.3) is 0 Å². The summed E-state index contributed by atoms with van der Waals surface area (Å²) < 4.78 is 0. The first-order chi connectivity index (χ1) is 9.01. The number of nitrogens with one attached hydrogen (secondary N) is 1. The molecule has 3 rings (SSSR count). The summed E-state index contributed by atoms with van der Waals surface area (Å²) in [7, 11) is 0. The van der Waals surface area contributed by atoms with Crippen LogP contribution in [0.15, 0.2) is 12.4 Å². The van der Waals surface area contributed by atoms with Crippen LogP contribution in [-0.2, 0) is 4.79 Å². The molecule has 0 aliphatic heterocycles. The summed E-state index contributed by atoms with van der Waals surface area (Å²) in [6, 6.07) is 0. The summed E-state index contributed by atoms with van der Waals surface area (Å²) in [6.07, 6.45) is 8.97. The minimum atomic E-state index is -0.279. The van der Waals surface area contributed by atoms with Crippen molar-refractivity contribution in [3.05, 3.63) is 18.1 Å². The largest absolute Gasteiger partial charge is 0.325 e. The normalized spacial score (nSPS) is 33.2. The van der Waals surface area contributed by atoms with Gasteiger partial charge in [-0.15, -0.1) is 0 Å². The zero-order valence-electron chi connectivity index (χ0n) is 11.3. The molecule has 2 aliphatic rings. The van der Waals surface area contributed by atoms with Crippen LogP contribution in [0.1, 0.15) is 44.2 Å².